The van der Waals surface area contributed by atoms with Gasteiger partial charge in [-0.05, 0) is 18.2 Å². The third-order valence-corrected chi connectivity index (χ3v) is 5.25. The van der Waals surface area contributed by atoms with Gasteiger partial charge in [-0.3, -0.25) is 14.2 Å². The summed E-state index contributed by atoms with van der Waals surface area (Å²) in [5.74, 6) is 0.159. The molecule has 2 rings (SSSR count). The predicted molar refractivity (Wildman–Crippen MR) is 95.8 cm³/mol. The topological polar surface area (TPSA) is 93.1 Å². The number of carbonyl (C=O) groups excluding carboxylic acids is 1. The molecule has 1 N–H and O–H groups in total. The Hall–Kier alpha value is -1.62. The van der Waals surface area contributed by atoms with Gasteiger partial charge in [0.05, 0.1) is 24.9 Å². The van der Waals surface area contributed by atoms with Crippen molar-refractivity contribution >= 4 is 50.4 Å². The van der Waals surface area contributed by atoms with Crippen LogP contribution in [0.1, 0.15) is 5.56 Å². The van der Waals surface area contributed by atoms with Crippen molar-refractivity contribution < 1.29 is 27.2 Å². The number of amides is 1. The number of hydrogen-bond acceptors (Lipinski definition) is 7. The summed E-state index contributed by atoms with van der Waals surface area (Å²) in [5, 5.41) is 0. The van der Waals surface area contributed by atoms with E-state index in [1.54, 1.807) is 24.3 Å². The van der Waals surface area contributed by atoms with Crippen LogP contribution >= 0.6 is 24.0 Å². The van der Waals surface area contributed by atoms with Crippen LogP contribution in [0, 0.1) is 0 Å². The monoisotopic (exact) mass is 389 g/mol. The molecule has 0 spiro atoms. The molecule has 0 radical (unpaired) electrons. The van der Waals surface area contributed by atoms with Gasteiger partial charge in [0, 0.05) is 18.2 Å². The van der Waals surface area contributed by atoms with E-state index in [1.807, 2.05) is 0 Å². The average Bonchev–Trinajstić information content (AvgIpc) is 2.79. The molecule has 0 aromatic heterocycles. The zero-order valence-electron chi connectivity index (χ0n) is 12.9. The lowest BCUT2D eigenvalue weighted by Crippen LogP contribution is -2.32. The molecule has 0 bridgehead atoms. The molecule has 1 aliphatic heterocycles. The fraction of sp³-hybridized carbons (Fsp3) is 0.286. The van der Waals surface area contributed by atoms with E-state index in [0.717, 1.165) is 16.7 Å². The Kier molecular flexibility index (Phi) is 5.86. The van der Waals surface area contributed by atoms with Gasteiger partial charge < -0.3 is 9.47 Å². The standard InChI is InChI=1S/C14H15NO6S3/c1-20-10-4-3-9(11(8-10)21-2)7-12-13(16)15(14(22)23-12)5-6-24(17,18)19/h3-4,7-8H,5-6H2,1-2H3,(H,17,18,19)/b12-7+. The van der Waals surface area contributed by atoms with E-state index in [-0.39, 0.29) is 10.9 Å². The van der Waals surface area contributed by atoms with E-state index in [0.29, 0.717) is 22.0 Å². The van der Waals surface area contributed by atoms with Crippen molar-refractivity contribution in [1.29, 1.82) is 0 Å². The zero-order chi connectivity index (χ0) is 17.9. The van der Waals surface area contributed by atoms with Crippen LogP contribution in [0.2, 0.25) is 0 Å². The summed E-state index contributed by atoms with van der Waals surface area (Å²) < 4.78 is 41.1. The number of ether oxygens (including phenoxy) is 2. The van der Waals surface area contributed by atoms with Crippen LogP contribution < -0.4 is 9.47 Å². The van der Waals surface area contributed by atoms with Gasteiger partial charge in [0.15, 0.2) is 0 Å². The van der Waals surface area contributed by atoms with Crippen LogP contribution in [0.4, 0.5) is 0 Å². The molecule has 24 heavy (non-hydrogen) atoms. The predicted octanol–water partition coefficient (Wildman–Crippen LogP) is 1.79. The highest BCUT2D eigenvalue weighted by Crippen LogP contribution is 2.35. The molecule has 1 amide bonds. The molecule has 0 unspecified atom stereocenters. The summed E-state index contributed by atoms with van der Waals surface area (Å²) in [5.41, 5.74) is 0.661. The van der Waals surface area contributed by atoms with E-state index < -0.39 is 21.8 Å². The third kappa shape index (κ3) is 4.47. The number of carbonyl (C=O) groups is 1. The fourth-order valence-corrected chi connectivity index (χ4v) is 3.69. The van der Waals surface area contributed by atoms with Crippen molar-refractivity contribution in [2.24, 2.45) is 0 Å². The van der Waals surface area contributed by atoms with Crippen LogP contribution in [0.25, 0.3) is 6.08 Å². The largest absolute Gasteiger partial charge is 0.497 e. The van der Waals surface area contributed by atoms with Gasteiger partial charge in [0.25, 0.3) is 16.0 Å². The van der Waals surface area contributed by atoms with E-state index >= 15 is 0 Å². The van der Waals surface area contributed by atoms with Gasteiger partial charge in [-0.25, -0.2) is 0 Å². The normalized spacial score (nSPS) is 16.8. The number of nitrogens with zero attached hydrogens (tertiary/aromatic N) is 1. The van der Waals surface area contributed by atoms with E-state index in [9.17, 15) is 13.2 Å². The quantitative estimate of drug-likeness (QED) is 0.447. The van der Waals surface area contributed by atoms with Crippen LogP contribution in [-0.4, -0.2) is 54.6 Å². The van der Waals surface area contributed by atoms with Crippen LogP contribution in [0.5, 0.6) is 11.5 Å². The summed E-state index contributed by atoms with van der Waals surface area (Å²) in [6.07, 6.45) is 1.62. The lowest BCUT2D eigenvalue weighted by Gasteiger charge is -2.12. The molecular formula is C14H15NO6S3. The summed E-state index contributed by atoms with van der Waals surface area (Å²) in [7, 11) is -1.13. The number of thiocarbonyl (C=S) groups is 1. The minimum absolute atomic E-state index is 0.194. The summed E-state index contributed by atoms with van der Waals surface area (Å²) in [6.45, 7) is -0.194. The number of rotatable bonds is 6. The van der Waals surface area contributed by atoms with E-state index in [2.05, 4.69) is 0 Å². The third-order valence-electron chi connectivity index (χ3n) is 3.17. The van der Waals surface area contributed by atoms with E-state index in [4.69, 9.17) is 26.2 Å². The Balaban J connectivity index is 2.25. The molecule has 7 nitrogen and oxygen atoms in total. The van der Waals surface area contributed by atoms with Gasteiger partial charge in [-0.2, -0.15) is 8.42 Å². The average molecular weight is 389 g/mol. The van der Waals surface area contributed by atoms with Crippen molar-refractivity contribution in [3.63, 3.8) is 0 Å². The van der Waals surface area contributed by atoms with Crippen LogP contribution in [-0.2, 0) is 14.9 Å². The lowest BCUT2D eigenvalue weighted by atomic mass is 10.1. The number of methoxy groups -OCH3 is 2. The molecule has 1 heterocycles. The fourth-order valence-electron chi connectivity index (χ4n) is 1.98. The summed E-state index contributed by atoms with van der Waals surface area (Å²) >= 11 is 6.16. The maximum absolute atomic E-state index is 12.4. The lowest BCUT2D eigenvalue weighted by molar-refractivity contribution is -0.121. The highest BCUT2D eigenvalue weighted by molar-refractivity contribution is 8.26. The molecule has 130 valence electrons. The van der Waals surface area contributed by atoms with Crippen molar-refractivity contribution in [1.82, 2.24) is 4.90 Å². The van der Waals surface area contributed by atoms with E-state index in [1.165, 1.54) is 14.2 Å². The molecule has 1 saturated heterocycles. The zero-order valence-corrected chi connectivity index (χ0v) is 15.3. The van der Waals surface area contributed by atoms with Gasteiger partial charge in [0.2, 0.25) is 0 Å². The SMILES string of the molecule is COc1ccc(/C=C2/SC(=S)N(CCS(=O)(=O)O)C2=O)c(OC)c1. The van der Waals surface area contributed by atoms with Gasteiger partial charge >= 0.3 is 0 Å². The summed E-state index contributed by atoms with van der Waals surface area (Å²) in [4.78, 5) is 13.9. The van der Waals surface area contributed by atoms with Crippen molar-refractivity contribution in [2.45, 2.75) is 0 Å². The number of benzene rings is 1. The Labute approximate surface area is 149 Å². The first kappa shape index (κ1) is 18.7. The number of thioether (sulfide) groups is 1. The van der Waals surface area contributed by atoms with Crippen LogP contribution in [0.3, 0.4) is 0 Å². The molecular weight excluding hydrogens is 374 g/mol. The minimum Gasteiger partial charge on any atom is -0.497 e. The Morgan fingerprint density at radius 3 is 2.62 bits per heavy atom. The first-order valence-electron chi connectivity index (χ1n) is 6.67. The van der Waals surface area contributed by atoms with Crippen molar-refractivity contribution in [3.8, 4) is 11.5 Å². The molecule has 1 aromatic rings. The second-order valence-electron chi connectivity index (χ2n) is 4.73. The number of hydrogen-bond donors (Lipinski definition) is 1. The smallest absolute Gasteiger partial charge is 0.266 e. The minimum atomic E-state index is -4.17. The molecule has 0 atom stereocenters. The van der Waals surface area contributed by atoms with Crippen molar-refractivity contribution in [3.05, 3.63) is 28.7 Å². The van der Waals surface area contributed by atoms with Gasteiger partial charge in [-0.15, -0.1) is 0 Å². The molecule has 1 fully saturated rings. The molecule has 1 aromatic carbocycles. The molecule has 0 aliphatic carbocycles. The summed E-state index contributed by atoms with van der Waals surface area (Å²) in [6, 6.07) is 5.15. The second-order valence-corrected chi connectivity index (χ2v) is 7.98. The second kappa shape index (κ2) is 7.51. The highest BCUT2D eigenvalue weighted by Gasteiger charge is 2.32. The maximum Gasteiger partial charge on any atom is 0.266 e. The molecule has 10 heteroatoms. The molecule has 0 saturated carbocycles. The first-order valence-corrected chi connectivity index (χ1v) is 9.51. The molecule has 1 aliphatic rings. The Morgan fingerprint density at radius 1 is 1.33 bits per heavy atom. The highest BCUT2D eigenvalue weighted by atomic mass is 32.2. The Morgan fingerprint density at radius 2 is 2.04 bits per heavy atom. The van der Waals surface area contributed by atoms with Crippen molar-refractivity contribution in [2.75, 3.05) is 26.5 Å². The van der Waals surface area contributed by atoms with Gasteiger partial charge in [0.1, 0.15) is 15.8 Å². The Bertz CT molecular complexity index is 803. The maximum atomic E-state index is 12.4. The first-order chi connectivity index (χ1) is 11.2. The van der Waals surface area contributed by atoms with Gasteiger partial charge in [-0.1, -0.05) is 24.0 Å². The van der Waals surface area contributed by atoms with Crippen LogP contribution in [0.15, 0.2) is 23.1 Å².